The van der Waals surface area contributed by atoms with Gasteiger partial charge in [0, 0.05) is 19.3 Å². The molecule has 362 valence electrons. The lowest BCUT2D eigenvalue weighted by molar-refractivity contribution is -0.144. The Balaban J connectivity index is 4.56. The molecule has 0 radical (unpaired) electrons. The number of carbonyl (C=O) groups excluding carboxylic acids is 3. The number of phosphoric acid groups is 1. The Hall–Kier alpha value is -2.14. The summed E-state index contributed by atoms with van der Waals surface area (Å²) in [5, 5.41) is 0. The minimum atomic E-state index is -4.73. The number of unbranched alkanes of at least 4 members (excludes halogenated alkanes) is 33. The first-order valence-corrected chi connectivity index (χ1v) is 28.0. The number of phosphoric ester groups is 1. The number of hydrogen-bond acceptors (Lipinski definition) is 7. The Morgan fingerprint density at radius 2 is 0.468 bits per heavy atom. The van der Waals surface area contributed by atoms with E-state index in [0.717, 1.165) is 116 Å². The van der Waals surface area contributed by atoms with E-state index >= 15 is 0 Å². The van der Waals surface area contributed by atoms with Crippen LogP contribution in [0.25, 0.3) is 0 Å². The Labute approximate surface area is 383 Å². The molecule has 0 unspecified atom stereocenters. The third kappa shape index (κ3) is 45.9. The van der Waals surface area contributed by atoms with Crippen LogP contribution < -0.4 is 0 Å². The Bertz CT molecular complexity index is 1010. The quantitative estimate of drug-likeness (QED) is 0.0341. The average Bonchev–Trinajstić information content (AvgIpc) is 3.24. The van der Waals surface area contributed by atoms with Crippen LogP contribution in [-0.4, -0.2) is 17.9 Å². The maximum Gasteiger partial charge on any atom is 0.653 e. The van der Waals surface area contributed by atoms with Crippen molar-refractivity contribution in [1.29, 1.82) is 0 Å². The molecule has 0 heterocycles. The first-order valence-electron chi connectivity index (χ1n) is 26.6. The molecule has 0 fully saturated rings. The van der Waals surface area contributed by atoms with Gasteiger partial charge < -0.3 is 13.6 Å². The zero-order valence-corrected chi connectivity index (χ0v) is 41.9. The van der Waals surface area contributed by atoms with E-state index in [1.54, 1.807) is 0 Å². The van der Waals surface area contributed by atoms with E-state index in [1.165, 1.54) is 116 Å². The summed E-state index contributed by atoms with van der Waals surface area (Å²) in [5.74, 6) is -2.31. The molecule has 0 atom stereocenters. The van der Waals surface area contributed by atoms with Gasteiger partial charge in [-0.15, -0.1) is 0 Å². The Kier molecular flexibility index (Phi) is 46.7. The highest BCUT2D eigenvalue weighted by atomic mass is 31.2. The van der Waals surface area contributed by atoms with Crippen molar-refractivity contribution in [2.45, 2.75) is 290 Å². The van der Waals surface area contributed by atoms with Crippen LogP contribution in [0.15, 0.2) is 36.5 Å². The predicted molar refractivity (Wildman–Crippen MR) is 264 cm³/mol. The molecule has 0 spiro atoms. The lowest BCUT2D eigenvalue weighted by atomic mass is 10.1. The Morgan fingerprint density at radius 1 is 0.290 bits per heavy atom. The second-order valence-electron chi connectivity index (χ2n) is 17.8. The average molecular weight is 891 g/mol. The molecule has 0 aliphatic carbocycles. The Morgan fingerprint density at radius 3 is 0.677 bits per heavy atom. The number of carbonyl (C=O) groups is 3. The van der Waals surface area contributed by atoms with E-state index in [1.807, 2.05) is 0 Å². The van der Waals surface area contributed by atoms with Gasteiger partial charge in [0.15, 0.2) is 0 Å². The summed E-state index contributed by atoms with van der Waals surface area (Å²) in [6.45, 7) is 6.75. The predicted octanol–water partition coefficient (Wildman–Crippen LogP) is 18.8. The van der Waals surface area contributed by atoms with Gasteiger partial charge in [-0.3, -0.25) is 14.4 Å². The van der Waals surface area contributed by atoms with Crippen LogP contribution in [0, 0.1) is 0 Å². The number of allylic oxidation sites excluding steroid dienone is 6. The van der Waals surface area contributed by atoms with E-state index in [0.29, 0.717) is 19.3 Å². The maximum absolute atomic E-state index is 13.6. The highest BCUT2D eigenvalue weighted by Crippen LogP contribution is 2.51. The lowest BCUT2D eigenvalue weighted by Crippen LogP contribution is -2.14. The molecule has 62 heavy (non-hydrogen) atoms. The third-order valence-electron chi connectivity index (χ3n) is 11.6. The fourth-order valence-corrected chi connectivity index (χ4v) is 8.72. The first kappa shape index (κ1) is 59.9. The SMILES string of the molecule is CCCCCCCC/C=C\CCCCCCCC(=O)OP(=O)(OC(=O)CCCCCCC/C=C\CCCCCCCC)OC(=O)CCCCCCC/C=C\CCCCCCCC. The van der Waals surface area contributed by atoms with Crippen molar-refractivity contribution in [2.75, 3.05) is 0 Å². The molecule has 8 heteroatoms. The van der Waals surface area contributed by atoms with Crippen LogP contribution in [0.5, 0.6) is 0 Å². The van der Waals surface area contributed by atoms with Gasteiger partial charge in [0.2, 0.25) is 0 Å². The summed E-state index contributed by atoms with van der Waals surface area (Å²) in [6.07, 6.45) is 58.2. The van der Waals surface area contributed by atoms with E-state index in [4.69, 9.17) is 13.6 Å². The molecule has 0 rings (SSSR count). The molecule has 0 aromatic rings. The van der Waals surface area contributed by atoms with Crippen LogP contribution in [0.3, 0.4) is 0 Å². The van der Waals surface area contributed by atoms with Gasteiger partial charge >= 0.3 is 25.7 Å². The van der Waals surface area contributed by atoms with Crippen molar-refractivity contribution in [3.05, 3.63) is 36.5 Å². The summed E-state index contributed by atoms with van der Waals surface area (Å²) >= 11 is 0. The summed E-state index contributed by atoms with van der Waals surface area (Å²) in [7, 11) is -4.73. The molecule has 0 N–H and O–H groups in total. The van der Waals surface area contributed by atoms with Gasteiger partial charge in [-0.05, 0) is 96.3 Å². The van der Waals surface area contributed by atoms with E-state index in [-0.39, 0.29) is 19.3 Å². The van der Waals surface area contributed by atoms with Gasteiger partial charge in [0.05, 0.1) is 0 Å². The summed E-state index contributed by atoms with van der Waals surface area (Å²) < 4.78 is 29.1. The molecular weight excluding hydrogens is 792 g/mol. The van der Waals surface area contributed by atoms with E-state index in [9.17, 15) is 18.9 Å². The fourth-order valence-electron chi connectivity index (χ4n) is 7.59. The second kappa shape index (κ2) is 48.3. The van der Waals surface area contributed by atoms with Gasteiger partial charge in [-0.25, -0.2) is 0 Å². The van der Waals surface area contributed by atoms with Crippen LogP contribution in [0.1, 0.15) is 290 Å². The molecule has 0 saturated carbocycles. The molecule has 7 nitrogen and oxygen atoms in total. The zero-order chi connectivity index (χ0) is 45.3. The molecule has 0 amide bonds. The van der Waals surface area contributed by atoms with Crippen molar-refractivity contribution >= 4 is 25.7 Å². The maximum atomic E-state index is 13.6. The van der Waals surface area contributed by atoms with E-state index in [2.05, 4.69) is 57.2 Å². The zero-order valence-electron chi connectivity index (χ0n) is 41.0. The van der Waals surface area contributed by atoms with Crippen molar-refractivity contribution in [3.63, 3.8) is 0 Å². The standard InChI is InChI=1S/C54H99O7P/c1-4-7-10-13-16-19-22-25-28-31-34-37-40-43-46-49-52(55)59-62(58,60-53(56)50-47-44-41-38-35-32-29-26-23-20-17-14-11-8-5-2)61-54(57)51-48-45-42-39-36-33-30-27-24-21-18-15-12-9-6-3/h25-30H,4-24,31-51H2,1-3H3/b28-25-,29-26-,30-27-. The molecule has 0 aromatic carbocycles. The number of rotatable bonds is 48. The molecule has 0 aliphatic rings. The van der Waals surface area contributed by atoms with Crippen molar-refractivity contribution in [2.24, 2.45) is 0 Å². The second-order valence-corrected chi connectivity index (χ2v) is 19.3. The normalized spacial score (nSPS) is 12.0. The molecular formula is C54H99O7P. The minimum absolute atomic E-state index is 0.0275. The summed E-state index contributed by atoms with van der Waals surface area (Å²) in [6, 6.07) is 0. The topological polar surface area (TPSA) is 96.0 Å². The van der Waals surface area contributed by atoms with Gasteiger partial charge in [-0.1, -0.05) is 211 Å². The molecule has 0 bridgehead atoms. The minimum Gasteiger partial charge on any atom is -0.352 e. The van der Waals surface area contributed by atoms with Crippen molar-refractivity contribution in [1.82, 2.24) is 0 Å². The fraction of sp³-hybridized carbons (Fsp3) is 0.833. The third-order valence-corrected chi connectivity index (χ3v) is 12.9. The van der Waals surface area contributed by atoms with Crippen LogP contribution in [0.4, 0.5) is 0 Å². The monoisotopic (exact) mass is 891 g/mol. The van der Waals surface area contributed by atoms with Crippen LogP contribution in [0.2, 0.25) is 0 Å². The number of hydrogen-bond donors (Lipinski definition) is 0. The van der Waals surface area contributed by atoms with Crippen molar-refractivity contribution in [3.8, 4) is 0 Å². The lowest BCUT2D eigenvalue weighted by Gasteiger charge is -2.16. The summed E-state index contributed by atoms with van der Waals surface area (Å²) in [5.41, 5.74) is 0. The van der Waals surface area contributed by atoms with Gasteiger partial charge in [0.1, 0.15) is 0 Å². The van der Waals surface area contributed by atoms with Crippen LogP contribution >= 0.6 is 7.82 Å². The molecule has 0 aromatic heterocycles. The van der Waals surface area contributed by atoms with E-state index < -0.39 is 25.7 Å². The van der Waals surface area contributed by atoms with Gasteiger partial charge in [0.25, 0.3) is 0 Å². The highest BCUT2D eigenvalue weighted by Gasteiger charge is 2.39. The van der Waals surface area contributed by atoms with Gasteiger partial charge in [-0.2, -0.15) is 4.57 Å². The first-order chi connectivity index (χ1) is 30.4. The summed E-state index contributed by atoms with van der Waals surface area (Å²) in [4.78, 5) is 38.3. The molecule has 0 saturated heterocycles. The largest absolute Gasteiger partial charge is 0.653 e. The van der Waals surface area contributed by atoms with Crippen LogP contribution in [-0.2, 0) is 32.5 Å². The highest BCUT2D eigenvalue weighted by molar-refractivity contribution is 7.50. The van der Waals surface area contributed by atoms with Crippen molar-refractivity contribution < 1.29 is 32.5 Å². The molecule has 0 aliphatic heterocycles. The smallest absolute Gasteiger partial charge is 0.352 e.